The summed E-state index contributed by atoms with van der Waals surface area (Å²) < 4.78 is 11.4. The molecule has 0 aliphatic carbocycles. The minimum absolute atomic E-state index is 0.0463. The zero-order chi connectivity index (χ0) is 23.9. The van der Waals surface area contributed by atoms with Gasteiger partial charge in [0.15, 0.2) is 8.32 Å². The van der Waals surface area contributed by atoms with Crippen molar-refractivity contribution < 1.29 is 24.2 Å². The number of aliphatic hydroxyl groups excluding tert-OH is 1. The van der Waals surface area contributed by atoms with E-state index in [0.717, 1.165) is 11.3 Å². The Labute approximate surface area is 192 Å². The van der Waals surface area contributed by atoms with Crippen molar-refractivity contribution in [1.29, 1.82) is 0 Å². The lowest BCUT2D eigenvalue weighted by atomic mass is 9.87. The second-order valence-corrected chi connectivity index (χ2v) is 14.4. The summed E-state index contributed by atoms with van der Waals surface area (Å²) in [5.74, 6) is -1.44. The lowest BCUT2D eigenvalue weighted by Crippen LogP contribution is -2.42. The molecule has 0 unspecified atom stereocenters. The predicted molar refractivity (Wildman–Crippen MR) is 131 cm³/mol. The van der Waals surface area contributed by atoms with Gasteiger partial charge in [-0.2, -0.15) is 0 Å². The van der Waals surface area contributed by atoms with Gasteiger partial charge in [0.1, 0.15) is 11.7 Å². The van der Waals surface area contributed by atoms with Gasteiger partial charge in [0.2, 0.25) is 0 Å². The van der Waals surface area contributed by atoms with Crippen molar-refractivity contribution in [3.63, 3.8) is 0 Å². The highest BCUT2D eigenvalue weighted by Gasteiger charge is 2.39. The highest BCUT2D eigenvalue weighted by Crippen LogP contribution is 2.37. The van der Waals surface area contributed by atoms with Gasteiger partial charge in [0.05, 0.1) is 19.3 Å². The third-order valence-corrected chi connectivity index (χ3v) is 10.9. The Morgan fingerprint density at radius 3 is 2.16 bits per heavy atom. The maximum atomic E-state index is 12.3. The summed E-state index contributed by atoms with van der Waals surface area (Å²) in [5, 5.41) is 24.4. The molecule has 0 aromatic heterocycles. The van der Waals surface area contributed by atoms with Gasteiger partial charge in [-0.15, -0.1) is 0 Å². The molecule has 6 nitrogen and oxygen atoms in total. The zero-order valence-electron chi connectivity index (χ0n) is 20.0. The van der Waals surface area contributed by atoms with Crippen molar-refractivity contribution >= 4 is 20.0 Å². The molecule has 2 aromatic rings. The molecule has 32 heavy (non-hydrogen) atoms. The number of benzene rings is 2. The summed E-state index contributed by atoms with van der Waals surface area (Å²) >= 11 is 0. The molecule has 0 radical (unpaired) electrons. The Hall–Kier alpha value is -2.35. The van der Waals surface area contributed by atoms with Crippen molar-refractivity contribution in [1.82, 2.24) is 0 Å². The lowest BCUT2D eigenvalue weighted by molar-refractivity contribution is -0.146. The Balaban J connectivity index is 2.26. The molecule has 0 saturated heterocycles. The largest absolute Gasteiger partial charge is 0.497 e. The normalized spacial score (nSPS) is 15.0. The van der Waals surface area contributed by atoms with E-state index in [9.17, 15) is 15.0 Å². The van der Waals surface area contributed by atoms with Crippen molar-refractivity contribution in [3.8, 4) is 5.75 Å². The maximum Gasteiger partial charge on any atom is 0.311 e. The fourth-order valence-electron chi connectivity index (χ4n) is 3.27. The summed E-state index contributed by atoms with van der Waals surface area (Å²) in [6.07, 6.45) is -0.840. The van der Waals surface area contributed by atoms with Gasteiger partial charge in [-0.1, -0.05) is 51.1 Å². The molecule has 0 aliphatic rings. The van der Waals surface area contributed by atoms with Crippen LogP contribution in [-0.2, 0) is 9.22 Å². The molecule has 176 valence electrons. The number of hydrogen-bond donors (Lipinski definition) is 3. The van der Waals surface area contributed by atoms with E-state index in [0.29, 0.717) is 12.4 Å². The fourth-order valence-corrected chi connectivity index (χ4v) is 4.33. The average Bonchev–Trinajstić information content (AvgIpc) is 2.73. The van der Waals surface area contributed by atoms with Gasteiger partial charge < -0.3 is 24.7 Å². The van der Waals surface area contributed by atoms with Gasteiger partial charge in [0, 0.05) is 12.3 Å². The summed E-state index contributed by atoms with van der Waals surface area (Å²) in [6, 6.07) is 16.0. The monoisotopic (exact) mass is 459 g/mol. The number of carbonyl (C=O) groups is 1. The van der Waals surface area contributed by atoms with Crippen LogP contribution in [0, 0.1) is 5.92 Å². The van der Waals surface area contributed by atoms with Gasteiger partial charge >= 0.3 is 5.97 Å². The molecule has 0 bridgehead atoms. The van der Waals surface area contributed by atoms with Crippen molar-refractivity contribution in [2.75, 3.05) is 19.0 Å². The van der Waals surface area contributed by atoms with E-state index in [1.807, 2.05) is 42.5 Å². The first kappa shape index (κ1) is 25.9. The van der Waals surface area contributed by atoms with E-state index in [1.165, 1.54) is 0 Å². The van der Waals surface area contributed by atoms with E-state index < -0.39 is 32.4 Å². The second-order valence-electron chi connectivity index (χ2n) is 9.59. The number of methoxy groups -OCH3 is 1. The molecule has 3 atom stereocenters. The van der Waals surface area contributed by atoms with Crippen molar-refractivity contribution in [2.24, 2.45) is 5.92 Å². The number of anilines is 1. The molecule has 0 amide bonds. The van der Waals surface area contributed by atoms with Crippen LogP contribution in [0.4, 0.5) is 5.69 Å². The summed E-state index contributed by atoms with van der Waals surface area (Å²) in [7, 11) is -0.400. The summed E-state index contributed by atoms with van der Waals surface area (Å²) in [5.41, 5.74) is 1.54. The topological polar surface area (TPSA) is 88.0 Å². The van der Waals surface area contributed by atoms with E-state index in [4.69, 9.17) is 9.16 Å². The average molecular weight is 460 g/mol. The lowest BCUT2D eigenvalue weighted by Gasteiger charge is -2.37. The highest BCUT2D eigenvalue weighted by molar-refractivity contribution is 6.74. The van der Waals surface area contributed by atoms with E-state index in [2.05, 4.69) is 39.2 Å². The van der Waals surface area contributed by atoms with E-state index >= 15 is 0 Å². The standard InChI is InChI=1S/C25H37NO5Si/c1-25(2,3)32(5,6)31-17-16-21(27)22(24(28)29)23(26-19-10-8-7-9-11-19)18-12-14-20(30-4)15-13-18/h7-15,21-23,26-27H,16-17H2,1-6H3,(H,28,29)/t21-,22+,23+/m1/s1. The quantitative estimate of drug-likeness (QED) is 0.394. The molecule has 0 aliphatic heterocycles. The Morgan fingerprint density at radius 2 is 1.66 bits per heavy atom. The van der Waals surface area contributed by atoms with E-state index in [-0.39, 0.29) is 11.5 Å². The molecule has 0 fully saturated rings. The SMILES string of the molecule is COc1ccc([C@H](Nc2ccccc2)[C@@H](C(=O)O)[C@H](O)CCO[Si](C)(C)C(C)(C)C)cc1. The van der Waals surface area contributed by atoms with Gasteiger partial charge in [0.25, 0.3) is 0 Å². The molecular weight excluding hydrogens is 422 g/mol. The first-order valence-corrected chi connectivity index (χ1v) is 13.9. The molecule has 2 rings (SSSR count). The van der Waals surface area contributed by atoms with Crippen LogP contribution in [-0.4, -0.2) is 44.3 Å². The number of aliphatic carboxylic acids is 1. The molecule has 7 heteroatoms. The summed E-state index contributed by atoms with van der Waals surface area (Å²) in [4.78, 5) is 12.3. The number of hydrogen-bond acceptors (Lipinski definition) is 5. The van der Waals surface area contributed by atoms with E-state index in [1.54, 1.807) is 19.2 Å². The first-order chi connectivity index (χ1) is 15.0. The molecule has 2 aromatic carbocycles. The number of carboxylic acids is 1. The van der Waals surface area contributed by atoms with Crippen LogP contribution in [0.1, 0.15) is 38.8 Å². The van der Waals surface area contributed by atoms with Gasteiger partial charge in [-0.3, -0.25) is 4.79 Å². The first-order valence-electron chi connectivity index (χ1n) is 11.0. The van der Waals surface area contributed by atoms with Crippen LogP contribution in [0.2, 0.25) is 18.1 Å². The Kier molecular flexibility index (Phi) is 8.89. The number of rotatable bonds is 11. The molecule has 3 N–H and O–H groups in total. The Bertz CT molecular complexity index is 849. The van der Waals surface area contributed by atoms with Crippen LogP contribution in [0.3, 0.4) is 0 Å². The Morgan fingerprint density at radius 1 is 1.06 bits per heavy atom. The predicted octanol–water partition coefficient (Wildman–Crippen LogP) is 5.32. The van der Waals surface area contributed by atoms with Crippen LogP contribution in [0.25, 0.3) is 0 Å². The van der Waals surface area contributed by atoms with Crippen LogP contribution in [0.15, 0.2) is 54.6 Å². The van der Waals surface area contributed by atoms with Crippen molar-refractivity contribution in [2.45, 2.75) is 57.5 Å². The number of carboxylic acid groups (broad SMARTS) is 1. The van der Waals surface area contributed by atoms with Crippen LogP contribution < -0.4 is 10.1 Å². The number of para-hydroxylation sites is 1. The maximum absolute atomic E-state index is 12.3. The van der Waals surface area contributed by atoms with Crippen molar-refractivity contribution in [3.05, 3.63) is 60.2 Å². The number of nitrogens with one attached hydrogen (secondary N) is 1. The minimum atomic E-state index is -1.98. The van der Waals surface area contributed by atoms with Crippen LogP contribution in [0.5, 0.6) is 5.75 Å². The zero-order valence-corrected chi connectivity index (χ0v) is 21.0. The van der Waals surface area contributed by atoms with Gasteiger partial charge in [-0.05, 0) is 54.4 Å². The number of ether oxygens (including phenoxy) is 1. The third kappa shape index (κ3) is 6.82. The minimum Gasteiger partial charge on any atom is -0.497 e. The molecule has 0 spiro atoms. The fraction of sp³-hybridized carbons (Fsp3) is 0.480. The van der Waals surface area contributed by atoms with Gasteiger partial charge in [-0.25, -0.2) is 0 Å². The molecule has 0 saturated carbocycles. The molecule has 0 heterocycles. The third-order valence-electron chi connectivity index (χ3n) is 6.31. The second kappa shape index (κ2) is 11.0. The number of aliphatic hydroxyl groups is 1. The smallest absolute Gasteiger partial charge is 0.311 e. The summed E-state index contributed by atoms with van der Waals surface area (Å²) in [6.45, 7) is 11.1. The molecular formula is C25H37NO5Si. The highest BCUT2D eigenvalue weighted by atomic mass is 28.4. The van der Waals surface area contributed by atoms with Crippen LogP contribution >= 0.6 is 0 Å².